The molecule has 0 N–H and O–H groups in total. The standard InChI is InChI=1S/C21H21NO2/c23-20-18-15-11-12-16(17(15)13-7-3-1-4-8-13)19(18)21(24)22(20)14-9-5-2-6-10-14/h2,5-6,9-12,15-16,18-19H,1,3-4,7-8H2/t15-,16-,18-,19+/m0/s1. The molecule has 0 radical (unpaired) electrons. The number of hydrogen-bond donors (Lipinski definition) is 0. The minimum atomic E-state index is -0.169. The van der Waals surface area contributed by atoms with Gasteiger partial charge >= 0.3 is 0 Å². The molecule has 5 rings (SSSR count). The molecule has 4 aliphatic rings. The Morgan fingerprint density at radius 2 is 1.38 bits per heavy atom. The first kappa shape index (κ1) is 14.2. The maximum absolute atomic E-state index is 13.1. The van der Waals surface area contributed by atoms with Crippen molar-refractivity contribution in [2.45, 2.75) is 32.1 Å². The number of benzene rings is 1. The highest BCUT2D eigenvalue weighted by Gasteiger charge is 2.62. The zero-order valence-electron chi connectivity index (χ0n) is 13.7. The largest absolute Gasteiger partial charge is 0.274 e. The van der Waals surface area contributed by atoms with E-state index in [9.17, 15) is 9.59 Å². The van der Waals surface area contributed by atoms with Gasteiger partial charge in [-0.1, -0.05) is 47.9 Å². The van der Waals surface area contributed by atoms with Gasteiger partial charge in [-0.25, -0.2) is 4.90 Å². The molecule has 1 heterocycles. The molecule has 0 unspecified atom stereocenters. The Morgan fingerprint density at radius 3 is 1.96 bits per heavy atom. The highest BCUT2D eigenvalue weighted by Crippen LogP contribution is 2.58. The molecule has 122 valence electrons. The normalized spacial score (nSPS) is 34.4. The predicted octanol–water partition coefficient (Wildman–Crippen LogP) is 3.87. The summed E-state index contributed by atoms with van der Waals surface area (Å²) in [6.45, 7) is 0. The Hall–Kier alpha value is -2.16. The number of carbonyl (C=O) groups excluding carboxylic acids is 2. The Kier molecular flexibility index (Phi) is 3.06. The molecule has 3 fully saturated rings. The maximum Gasteiger partial charge on any atom is 0.238 e. The molecule has 1 aromatic rings. The van der Waals surface area contributed by atoms with Gasteiger partial charge in [0.05, 0.1) is 17.5 Å². The molecule has 3 aliphatic carbocycles. The first-order valence-corrected chi connectivity index (χ1v) is 9.10. The van der Waals surface area contributed by atoms with Gasteiger partial charge in [-0.05, 0) is 37.8 Å². The molecule has 1 aliphatic heterocycles. The SMILES string of the molecule is O=C1[C@@H]2[C@H](C(=O)N1c1ccccc1)[C@H]1C=C[C@H]2C1=C1CCCCC1. The minimum Gasteiger partial charge on any atom is -0.274 e. The van der Waals surface area contributed by atoms with Gasteiger partial charge in [-0.3, -0.25) is 9.59 Å². The fraction of sp³-hybridized carbons (Fsp3) is 0.429. The van der Waals surface area contributed by atoms with Crippen molar-refractivity contribution in [1.82, 2.24) is 0 Å². The zero-order valence-corrected chi connectivity index (χ0v) is 13.7. The van der Waals surface area contributed by atoms with Crippen LogP contribution in [0.15, 0.2) is 53.6 Å². The summed E-state index contributed by atoms with van der Waals surface area (Å²) < 4.78 is 0. The first-order chi connectivity index (χ1) is 11.8. The molecule has 2 amide bonds. The van der Waals surface area contributed by atoms with E-state index in [1.807, 2.05) is 30.3 Å². The Balaban J connectivity index is 1.54. The number of rotatable bonds is 1. The van der Waals surface area contributed by atoms with Crippen molar-refractivity contribution in [1.29, 1.82) is 0 Å². The van der Waals surface area contributed by atoms with Crippen LogP contribution in [0.4, 0.5) is 5.69 Å². The smallest absolute Gasteiger partial charge is 0.238 e. The van der Waals surface area contributed by atoms with Crippen LogP contribution in [-0.4, -0.2) is 11.8 Å². The number of amides is 2. The van der Waals surface area contributed by atoms with Crippen LogP contribution < -0.4 is 4.90 Å². The first-order valence-electron chi connectivity index (χ1n) is 9.10. The molecular formula is C21H21NO2. The minimum absolute atomic E-state index is 0.00181. The number of nitrogens with zero attached hydrogens (tertiary/aromatic N) is 1. The number of para-hydroxylation sites is 1. The lowest BCUT2D eigenvalue weighted by Crippen LogP contribution is -2.33. The monoisotopic (exact) mass is 319 g/mol. The highest BCUT2D eigenvalue weighted by molar-refractivity contribution is 6.23. The summed E-state index contributed by atoms with van der Waals surface area (Å²) in [5, 5.41) is 0. The van der Waals surface area contributed by atoms with E-state index in [-0.39, 0.29) is 35.5 Å². The Morgan fingerprint density at radius 1 is 0.792 bits per heavy atom. The van der Waals surface area contributed by atoms with Gasteiger partial charge in [0.15, 0.2) is 0 Å². The summed E-state index contributed by atoms with van der Waals surface area (Å²) in [5.41, 5.74) is 3.69. The molecule has 24 heavy (non-hydrogen) atoms. The summed E-state index contributed by atoms with van der Waals surface area (Å²) in [6.07, 6.45) is 10.5. The molecule has 0 spiro atoms. The second kappa shape index (κ2) is 5.17. The molecule has 4 atom stereocenters. The van der Waals surface area contributed by atoms with Crippen LogP contribution in [0.2, 0.25) is 0 Å². The van der Waals surface area contributed by atoms with Gasteiger partial charge in [0.1, 0.15) is 0 Å². The molecule has 0 aromatic heterocycles. The van der Waals surface area contributed by atoms with Crippen molar-refractivity contribution in [3.63, 3.8) is 0 Å². The summed E-state index contributed by atoms with van der Waals surface area (Å²) >= 11 is 0. The maximum atomic E-state index is 13.1. The van der Waals surface area contributed by atoms with Crippen LogP contribution in [0.25, 0.3) is 0 Å². The second-order valence-electron chi connectivity index (χ2n) is 7.46. The van der Waals surface area contributed by atoms with Crippen LogP contribution in [0, 0.1) is 23.7 Å². The van der Waals surface area contributed by atoms with E-state index in [0.29, 0.717) is 5.69 Å². The molecule has 3 heteroatoms. The van der Waals surface area contributed by atoms with Crippen molar-refractivity contribution in [2.24, 2.45) is 23.7 Å². The van der Waals surface area contributed by atoms with E-state index < -0.39 is 0 Å². The molecule has 1 saturated heterocycles. The topological polar surface area (TPSA) is 37.4 Å². The van der Waals surface area contributed by atoms with Crippen LogP contribution in [0.1, 0.15) is 32.1 Å². The third-order valence-electron chi connectivity index (χ3n) is 6.30. The second-order valence-corrected chi connectivity index (χ2v) is 7.46. The molecular weight excluding hydrogens is 298 g/mol. The average Bonchev–Trinajstić information content (AvgIpc) is 3.26. The number of fused-ring (bicyclic) bond motifs is 5. The van der Waals surface area contributed by atoms with Crippen molar-refractivity contribution in [3.8, 4) is 0 Å². The summed E-state index contributed by atoms with van der Waals surface area (Å²) in [5.74, 6) is -0.00490. The van der Waals surface area contributed by atoms with Crippen LogP contribution in [0.5, 0.6) is 0 Å². The Bertz CT molecular complexity index is 734. The van der Waals surface area contributed by atoms with Crippen molar-refractivity contribution < 1.29 is 9.59 Å². The number of imide groups is 1. The van der Waals surface area contributed by atoms with Crippen molar-refractivity contribution in [3.05, 3.63) is 53.6 Å². The lowest BCUT2D eigenvalue weighted by molar-refractivity contribution is -0.122. The van der Waals surface area contributed by atoms with E-state index in [0.717, 1.165) is 12.8 Å². The molecule has 2 saturated carbocycles. The number of carbonyl (C=O) groups is 2. The number of allylic oxidation sites excluding steroid dienone is 4. The fourth-order valence-corrected chi connectivity index (χ4v) is 5.33. The van der Waals surface area contributed by atoms with Gasteiger partial charge in [-0.15, -0.1) is 0 Å². The number of hydrogen-bond acceptors (Lipinski definition) is 2. The highest BCUT2D eigenvalue weighted by atomic mass is 16.2. The van der Waals surface area contributed by atoms with E-state index in [1.165, 1.54) is 29.7 Å². The van der Waals surface area contributed by atoms with E-state index in [4.69, 9.17) is 0 Å². The van der Waals surface area contributed by atoms with Crippen molar-refractivity contribution >= 4 is 17.5 Å². The molecule has 2 bridgehead atoms. The van der Waals surface area contributed by atoms with Crippen LogP contribution >= 0.6 is 0 Å². The average molecular weight is 319 g/mol. The van der Waals surface area contributed by atoms with E-state index >= 15 is 0 Å². The van der Waals surface area contributed by atoms with E-state index in [1.54, 1.807) is 5.57 Å². The van der Waals surface area contributed by atoms with Gasteiger partial charge in [-0.2, -0.15) is 0 Å². The van der Waals surface area contributed by atoms with Gasteiger partial charge in [0.2, 0.25) is 11.8 Å². The molecule has 3 nitrogen and oxygen atoms in total. The zero-order chi connectivity index (χ0) is 16.3. The van der Waals surface area contributed by atoms with Crippen LogP contribution in [-0.2, 0) is 9.59 Å². The summed E-state index contributed by atoms with van der Waals surface area (Å²) in [7, 11) is 0. The quantitative estimate of drug-likeness (QED) is 0.582. The number of anilines is 1. The Labute approximate surface area is 142 Å². The van der Waals surface area contributed by atoms with Gasteiger partial charge < -0.3 is 0 Å². The van der Waals surface area contributed by atoms with Crippen molar-refractivity contribution in [2.75, 3.05) is 4.90 Å². The molecule has 1 aromatic carbocycles. The lowest BCUT2D eigenvalue weighted by Gasteiger charge is -2.23. The lowest BCUT2D eigenvalue weighted by atomic mass is 9.85. The third kappa shape index (κ3) is 1.78. The summed E-state index contributed by atoms with van der Waals surface area (Å²) in [4.78, 5) is 27.6. The van der Waals surface area contributed by atoms with E-state index in [2.05, 4.69) is 12.2 Å². The fourth-order valence-electron chi connectivity index (χ4n) is 5.33. The summed E-state index contributed by atoms with van der Waals surface area (Å²) in [6, 6.07) is 9.38. The van der Waals surface area contributed by atoms with Gasteiger partial charge in [0, 0.05) is 11.8 Å². The predicted molar refractivity (Wildman–Crippen MR) is 92.1 cm³/mol. The third-order valence-corrected chi connectivity index (χ3v) is 6.30. The van der Waals surface area contributed by atoms with Gasteiger partial charge in [0.25, 0.3) is 0 Å². The van der Waals surface area contributed by atoms with Crippen LogP contribution in [0.3, 0.4) is 0 Å².